The number of hydrogen-bond acceptors (Lipinski definition) is 6. The van der Waals surface area contributed by atoms with Crippen LogP contribution >= 0.6 is 0 Å². The molecule has 3 fully saturated rings. The molecule has 2 aromatic rings. The van der Waals surface area contributed by atoms with E-state index in [1.54, 1.807) is 23.5 Å². The topological polar surface area (TPSA) is 79.4 Å². The highest BCUT2D eigenvalue weighted by Crippen LogP contribution is 2.52. The Morgan fingerprint density at radius 3 is 2.20 bits per heavy atom. The molecule has 3 aliphatic rings. The van der Waals surface area contributed by atoms with Crippen molar-refractivity contribution in [3.05, 3.63) is 58.7 Å². The zero-order chi connectivity index (χ0) is 32.4. The standard InChI is InChI=1S/C36H53N3O5S/c1-27-10-9-11-30(22-27)36(37(4)5)15-13-35(14-16-36)17-20-38(21-18-35)33(40)26-44-25-31-12-7-8-19-39(31)45(41,42)34-28(2)23-32(43-6)24-29(34)3/h9-11,22-24,31H,7-8,12-21,25-26H2,1-6H3. The third kappa shape index (κ3) is 6.97. The van der Waals surface area contributed by atoms with Crippen molar-refractivity contribution in [2.45, 2.75) is 95.0 Å². The van der Waals surface area contributed by atoms with Crippen molar-refractivity contribution in [1.82, 2.24) is 14.1 Å². The van der Waals surface area contributed by atoms with Crippen molar-refractivity contribution in [2.75, 3.05) is 54.1 Å². The second kappa shape index (κ2) is 13.7. The molecule has 1 amide bonds. The lowest BCUT2D eigenvalue weighted by Crippen LogP contribution is -2.51. The van der Waals surface area contributed by atoms with Gasteiger partial charge in [-0.3, -0.25) is 9.69 Å². The largest absolute Gasteiger partial charge is 0.497 e. The molecule has 45 heavy (non-hydrogen) atoms. The fourth-order valence-electron chi connectivity index (χ4n) is 8.24. The lowest BCUT2D eigenvalue weighted by molar-refractivity contribution is -0.139. The van der Waals surface area contributed by atoms with Crippen LogP contribution in [0.2, 0.25) is 0 Å². The summed E-state index contributed by atoms with van der Waals surface area (Å²) in [5.74, 6) is 0.659. The summed E-state index contributed by atoms with van der Waals surface area (Å²) in [5.41, 5.74) is 4.46. The number of carbonyl (C=O) groups is 1. The van der Waals surface area contributed by atoms with Gasteiger partial charge in [0.25, 0.3) is 0 Å². The molecule has 0 aromatic heterocycles. The van der Waals surface area contributed by atoms with Crippen molar-refractivity contribution in [1.29, 1.82) is 0 Å². The quantitative estimate of drug-likeness (QED) is 0.344. The molecule has 5 rings (SSSR count). The summed E-state index contributed by atoms with van der Waals surface area (Å²) < 4.78 is 40.6. The van der Waals surface area contributed by atoms with Gasteiger partial charge in [0.2, 0.25) is 15.9 Å². The number of piperidine rings is 2. The summed E-state index contributed by atoms with van der Waals surface area (Å²) in [6.45, 7) is 8.01. The van der Waals surface area contributed by atoms with E-state index >= 15 is 0 Å². The fourth-order valence-corrected chi connectivity index (χ4v) is 10.3. The van der Waals surface area contributed by atoms with Crippen molar-refractivity contribution >= 4 is 15.9 Å². The predicted octanol–water partition coefficient (Wildman–Crippen LogP) is 5.82. The monoisotopic (exact) mass is 639 g/mol. The van der Waals surface area contributed by atoms with Gasteiger partial charge in [0, 0.05) is 31.2 Å². The second-order valence-electron chi connectivity index (χ2n) is 14.0. The van der Waals surface area contributed by atoms with Crippen molar-refractivity contribution < 1.29 is 22.7 Å². The van der Waals surface area contributed by atoms with E-state index in [1.807, 2.05) is 18.7 Å². The van der Waals surface area contributed by atoms with Gasteiger partial charge < -0.3 is 14.4 Å². The van der Waals surface area contributed by atoms with E-state index in [9.17, 15) is 13.2 Å². The summed E-state index contributed by atoms with van der Waals surface area (Å²) in [6, 6.07) is 12.2. The number of sulfonamides is 1. The molecule has 2 saturated heterocycles. The van der Waals surface area contributed by atoms with Crippen LogP contribution in [0.25, 0.3) is 0 Å². The van der Waals surface area contributed by atoms with Gasteiger partial charge in [-0.2, -0.15) is 4.31 Å². The maximum Gasteiger partial charge on any atom is 0.248 e. The number of hydrogen-bond donors (Lipinski definition) is 0. The Hall–Kier alpha value is -2.46. The molecule has 1 spiro atoms. The smallest absolute Gasteiger partial charge is 0.248 e. The van der Waals surface area contributed by atoms with Gasteiger partial charge in [0.15, 0.2) is 0 Å². The fraction of sp³-hybridized carbons (Fsp3) is 0.639. The Balaban J connectivity index is 1.14. The van der Waals surface area contributed by atoms with Crippen LogP contribution in [0.15, 0.2) is 41.3 Å². The molecule has 1 atom stereocenters. The summed E-state index contributed by atoms with van der Waals surface area (Å²) in [7, 11) is 2.29. The Morgan fingerprint density at radius 2 is 1.60 bits per heavy atom. The molecular formula is C36H53N3O5S. The van der Waals surface area contributed by atoms with Crippen LogP contribution in [0.5, 0.6) is 5.75 Å². The van der Waals surface area contributed by atoms with E-state index in [-0.39, 0.29) is 30.7 Å². The first-order valence-corrected chi connectivity index (χ1v) is 18.1. The van der Waals surface area contributed by atoms with Crippen molar-refractivity contribution in [2.24, 2.45) is 5.41 Å². The van der Waals surface area contributed by atoms with Crippen molar-refractivity contribution in [3.63, 3.8) is 0 Å². The Bertz CT molecular complexity index is 1430. The van der Waals surface area contributed by atoms with E-state index in [0.717, 1.165) is 58.0 Å². The molecule has 1 aliphatic carbocycles. The second-order valence-corrected chi connectivity index (χ2v) is 15.9. The minimum absolute atomic E-state index is 0.00488. The summed E-state index contributed by atoms with van der Waals surface area (Å²) in [6.07, 6.45) is 9.18. The number of rotatable bonds is 9. The molecule has 8 nitrogen and oxygen atoms in total. The Labute approximate surface area is 271 Å². The van der Waals surface area contributed by atoms with E-state index in [4.69, 9.17) is 9.47 Å². The highest BCUT2D eigenvalue weighted by atomic mass is 32.2. The minimum Gasteiger partial charge on any atom is -0.497 e. The molecule has 2 aromatic carbocycles. The minimum atomic E-state index is -3.72. The number of benzene rings is 2. The number of likely N-dealkylation sites (tertiary alicyclic amines) is 1. The first-order valence-electron chi connectivity index (χ1n) is 16.7. The van der Waals surface area contributed by atoms with Crippen LogP contribution < -0.4 is 4.74 Å². The molecule has 9 heteroatoms. The zero-order valence-electron chi connectivity index (χ0n) is 28.2. The first kappa shape index (κ1) is 33.9. The van der Waals surface area contributed by atoms with Crippen LogP contribution in [-0.4, -0.2) is 88.5 Å². The highest BCUT2D eigenvalue weighted by Gasteiger charge is 2.46. The van der Waals surface area contributed by atoms with E-state index in [0.29, 0.717) is 33.7 Å². The average Bonchev–Trinajstić information content (AvgIpc) is 3.01. The summed E-state index contributed by atoms with van der Waals surface area (Å²) >= 11 is 0. The molecule has 248 valence electrons. The lowest BCUT2D eigenvalue weighted by Gasteiger charge is -2.52. The van der Waals surface area contributed by atoms with E-state index in [1.165, 1.54) is 24.0 Å². The van der Waals surface area contributed by atoms with Gasteiger partial charge in [0.1, 0.15) is 12.4 Å². The van der Waals surface area contributed by atoms with Gasteiger partial charge in [-0.05, 0) is 120 Å². The Kier molecular flexibility index (Phi) is 10.3. The molecule has 1 unspecified atom stereocenters. The van der Waals surface area contributed by atoms with E-state index < -0.39 is 10.0 Å². The number of amides is 1. The summed E-state index contributed by atoms with van der Waals surface area (Å²) in [5, 5.41) is 0. The Morgan fingerprint density at radius 1 is 0.933 bits per heavy atom. The maximum absolute atomic E-state index is 13.9. The van der Waals surface area contributed by atoms with Crippen LogP contribution in [0.3, 0.4) is 0 Å². The van der Waals surface area contributed by atoms with Crippen LogP contribution in [0.4, 0.5) is 0 Å². The molecule has 0 N–H and O–H groups in total. The third-order valence-corrected chi connectivity index (χ3v) is 13.3. The maximum atomic E-state index is 13.9. The van der Waals surface area contributed by atoms with Crippen molar-refractivity contribution in [3.8, 4) is 5.75 Å². The van der Waals surface area contributed by atoms with Crippen LogP contribution in [0, 0.1) is 26.2 Å². The number of nitrogens with zero attached hydrogens (tertiary/aromatic N) is 3. The van der Waals surface area contributed by atoms with Gasteiger partial charge in [-0.15, -0.1) is 0 Å². The third-order valence-electron chi connectivity index (χ3n) is 11.1. The highest BCUT2D eigenvalue weighted by molar-refractivity contribution is 7.89. The van der Waals surface area contributed by atoms with Crippen LogP contribution in [0.1, 0.15) is 80.0 Å². The zero-order valence-corrected chi connectivity index (χ0v) is 29.0. The SMILES string of the molecule is COc1cc(C)c(S(=O)(=O)N2CCCCC2COCC(=O)N2CCC3(CC2)CCC(c2cccc(C)c2)(N(C)C)CC3)c(C)c1. The molecular weight excluding hydrogens is 586 g/mol. The predicted molar refractivity (Wildman–Crippen MR) is 178 cm³/mol. The van der Waals surface area contributed by atoms with Gasteiger partial charge in [-0.1, -0.05) is 36.2 Å². The van der Waals surface area contributed by atoms with E-state index in [2.05, 4.69) is 50.2 Å². The lowest BCUT2D eigenvalue weighted by atomic mass is 9.61. The number of methoxy groups -OCH3 is 1. The molecule has 2 heterocycles. The average molecular weight is 640 g/mol. The molecule has 2 aliphatic heterocycles. The number of aryl methyl sites for hydroxylation is 3. The van der Waals surface area contributed by atoms with Gasteiger partial charge in [-0.25, -0.2) is 8.42 Å². The number of ether oxygens (including phenoxy) is 2. The van der Waals surface area contributed by atoms with Gasteiger partial charge in [0.05, 0.1) is 18.6 Å². The summed E-state index contributed by atoms with van der Waals surface area (Å²) in [4.78, 5) is 17.9. The van der Waals surface area contributed by atoms with Crippen LogP contribution in [-0.2, 0) is 25.1 Å². The number of carbonyl (C=O) groups excluding carboxylic acids is 1. The van der Waals surface area contributed by atoms with Gasteiger partial charge >= 0.3 is 0 Å². The molecule has 1 saturated carbocycles. The molecule has 0 bridgehead atoms. The molecule has 0 radical (unpaired) electrons. The normalized spacial score (nSPS) is 22.1. The first-order chi connectivity index (χ1) is 21.4.